The lowest BCUT2D eigenvalue weighted by Crippen LogP contribution is -2.42. The molecule has 39 heavy (non-hydrogen) atoms. The van der Waals surface area contributed by atoms with Gasteiger partial charge in [-0.2, -0.15) is 0 Å². The molecule has 0 spiro atoms. The van der Waals surface area contributed by atoms with Crippen LogP contribution in [0.15, 0.2) is 71.6 Å². The number of benzene rings is 3. The molecule has 3 aromatic rings. The fourth-order valence-corrected chi connectivity index (χ4v) is 6.56. The smallest absolute Gasteiger partial charge is 0.211 e. The summed E-state index contributed by atoms with van der Waals surface area (Å²) in [6.45, 7) is 5.58. The molecule has 3 aromatic carbocycles. The number of anilines is 3. The number of carbonyl (C=O) groups excluding carboxylic acids is 1. The van der Waals surface area contributed by atoms with Gasteiger partial charge in [-0.1, -0.05) is 44.2 Å². The van der Waals surface area contributed by atoms with Gasteiger partial charge >= 0.3 is 0 Å². The monoisotopic (exact) mass is 573 g/mol. The van der Waals surface area contributed by atoms with E-state index in [1.807, 2.05) is 18.8 Å². The molecule has 1 aliphatic rings. The van der Waals surface area contributed by atoms with Crippen molar-refractivity contribution < 1.29 is 17.8 Å². The second kappa shape index (κ2) is 15.6. The Morgan fingerprint density at radius 3 is 2.36 bits per heavy atom. The normalized spacial score (nSPS) is 16.7. The first kappa shape index (κ1) is 30.6. The summed E-state index contributed by atoms with van der Waals surface area (Å²) in [4.78, 5) is 13.7. The van der Waals surface area contributed by atoms with Crippen molar-refractivity contribution in [3.8, 4) is 0 Å². The van der Waals surface area contributed by atoms with E-state index in [0.717, 1.165) is 48.8 Å². The molecule has 0 aliphatic carbocycles. The zero-order valence-electron chi connectivity index (χ0n) is 22.7. The summed E-state index contributed by atoms with van der Waals surface area (Å²) in [6, 6.07) is 20.8. The van der Waals surface area contributed by atoms with E-state index in [0.29, 0.717) is 24.4 Å². The molecule has 9 heteroatoms. The van der Waals surface area contributed by atoms with Gasteiger partial charge < -0.3 is 15.5 Å². The van der Waals surface area contributed by atoms with Crippen molar-refractivity contribution in [1.82, 2.24) is 0 Å². The van der Waals surface area contributed by atoms with Crippen LogP contribution in [-0.4, -0.2) is 41.8 Å². The minimum Gasteiger partial charge on any atom is -0.386 e. The summed E-state index contributed by atoms with van der Waals surface area (Å²) in [5, 5.41) is 5.50. The Balaban J connectivity index is 0.000000320. The summed E-state index contributed by atoms with van der Waals surface area (Å²) < 4.78 is 36.6. The van der Waals surface area contributed by atoms with Crippen LogP contribution in [0.2, 0.25) is 0 Å². The third-order valence-corrected chi connectivity index (χ3v) is 8.75. The Hall–Kier alpha value is -2.91. The second-order valence-electron chi connectivity index (χ2n) is 9.72. The van der Waals surface area contributed by atoms with Gasteiger partial charge in [0.2, 0.25) is 6.41 Å². The molecule has 4 rings (SSSR count). The van der Waals surface area contributed by atoms with Crippen LogP contribution in [0.25, 0.3) is 0 Å². The highest BCUT2D eigenvalue weighted by Gasteiger charge is 2.26. The number of carbonyl (C=O) groups is 1. The largest absolute Gasteiger partial charge is 0.386 e. The summed E-state index contributed by atoms with van der Waals surface area (Å²) in [5.41, 5.74) is 3.78. The predicted molar refractivity (Wildman–Crippen MR) is 161 cm³/mol. The SMILES string of the molecule is CNc1cc(SCc2ccccc2)ccc1N(CC(C)C)C1CCS(=O)CC1.O=CNc1ccc(F)cc1F. The van der Waals surface area contributed by atoms with Crippen molar-refractivity contribution in [1.29, 1.82) is 0 Å². The minimum absolute atomic E-state index is 0.0265. The van der Waals surface area contributed by atoms with E-state index in [1.165, 1.54) is 21.8 Å². The molecule has 5 nitrogen and oxygen atoms in total. The molecule has 1 heterocycles. The van der Waals surface area contributed by atoms with E-state index in [1.54, 1.807) is 0 Å². The number of halogens is 2. The Labute approximate surface area is 237 Å². The van der Waals surface area contributed by atoms with Crippen molar-refractivity contribution >= 4 is 46.0 Å². The molecule has 0 aromatic heterocycles. The third kappa shape index (κ3) is 9.65. The van der Waals surface area contributed by atoms with Crippen molar-refractivity contribution in [2.45, 2.75) is 43.4 Å². The van der Waals surface area contributed by atoms with Crippen LogP contribution in [-0.2, 0) is 21.3 Å². The molecule has 0 bridgehead atoms. The molecule has 0 unspecified atom stereocenters. The lowest BCUT2D eigenvalue weighted by atomic mass is 10.0. The van der Waals surface area contributed by atoms with Gasteiger partial charge in [-0.3, -0.25) is 9.00 Å². The first-order valence-electron chi connectivity index (χ1n) is 13.1. The molecule has 1 fully saturated rings. The first-order chi connectivity index (χ1) is 18.8. The van der Waals surface area contributed by atoms with Crippen molar-refractivity contribution in [2.75, 3.05) is 40.6 Å². The molecular weight excluding hydrogens is 536 g/mol. The van der Waals surface area contributed by atoms with Crippen LogP contribution in [0.1, 0.15) is 32.3 Å². The quantitative estimate of drug-likeness (QED) is 0.204. The molecule has 210 valence electrons. The minimum atomic E-state index is -0.780. The maximum absolute atomic E-state index is 12.6. The third-order valence-electron chi connectivity index (χ3n) is 6.30. The summed E-state index contributed by atoms with van der Waals surface area (Å²) in [5.74, 6) is 1.78. The number of hydrogen-bond donors (Lipinski definition) is 2. The second-order valence-corrected chi connectivity index (χ2v) is 12.5. The Morgan fingerprint density at radius 2 is 1.74 bits per heavy atom. The van der Waals surface area contributed by atoms with Gasteiger partial charge in [0, 0.05) is 58.7 Å². The Morgan fingerprint density at radius 1 is 1.03 bits per heavy atom. The van der Waals surface area contributed by atoms with Gasteiger partial charge in [0.25, 0.3) is 0 Å². The van der Waals surface area contributed by atoms with E-state index in [9.17, 15) is 17.8 Å². The summed E-state index contributed by atoms with van der Waals surface area (Å²) >= 11 is 1.87. The fourth-order valence-electron chi connectivity index (χ4n) is 4.40. The number of nitrogens with one attached hydrogen (secondary N) is 2. The number of amides is 1. The van der Waals surface area contributed by atoms with Crippen LogP contribution < -0.4 is 15.5 Å². The van der Waals surface area contributed by atoms with Gasteiger partial charge in [-0.25, -0.2) is 8.78 Å². The van der Waals surface area contributed by atoms with Gasteiger partial charge in [0.1, 0.15) is 11.6 Å². The Kier molecular flexibility index (Phi) is 12.3. The topological polar surface area (TPSA) is 61.4 Å². The van der Waals surface area contributed by atoms with E-state index in [4.69, 9.17) is 0 Å². The van der Waals surface area contributed by atoms with Crippen LogP contribution in [0.5, 0.6) is 0 Å². The highest BCUT2D eigenvalue weighted by Crippen LogP contribution is 2.35. The maximum atomic E-state index is 12.6. The van der Waals surface area contributed by atoms with E-state index < -0.39 is 22.4 Å². The highest BCUT2D eigenvalue weighted by atomic mass is 32.2. The van der Waals surface area contributed by atoms with E-state index in [-0.39, 0.29) is 5.69 Å². The zero-order valence-corrected chi connectivity index (χ0v) is 24.3. The molecule has 0 atom stereocenters. The van der Waals surface area contributed by atoms with Gasteiger partial charge in [-0.05, 0) is 54.7 Å². The molecule has 0 saturated carbocycles. The van der Waals surface area contributed by atoms with Crippen molar-refractivity contribution in [3.05, 3.63) is 83.9 Å². The number of hydrogen-bond acceptors (Lipinski definition) is 5. The number of thioether (sulfide) groups is 1. The maximum Gasteiger partial charge on any atom is 0.211 e. The lowest BCUT2D eigenvalue weighted by Gasteiger charge is -2.38. The lowest BCUT2D eigenvalue weighted by molar-refractivity contribution is -0.105. The van der Waals surface area contributed by atoms with Crippen LogP contribution in [0.4, 0.5) is 25.8 Å². The average Bonchev–Trinajstić information content (AvgIpc) is 2.93. The molecule has 2 N–H and O–H groups in total. The standard InChI is InChI=1S/C23H32N2OS2.C7H5F2NO/c1-18(2)16-25(20-11-13-28(26)14-12-20)23-10-9-21(15-22(23)24-3)27-17-19-7-5-4-6-8-19;8-5-1-2-7(10-4-11)6(9)3-5/h4-10,15,18,20,24H,11-14,16-17H2,1-3H3;1-4H,(H,10,11). The molecule has 1 aliphatic heterocycles. The Bertz CT molecular complexity index is 1220. The number of nitrogens with zero attached hydrogens (tertiary/aromatic N) is 1. The average molecular weight is 574 g/mol. The molecule has 1 saturated heterocycles. The molecule has 0 radical (unpaired) electrons. The fraction of sp³-hybridized carbons (Fsp3) is 0.367. The first-order valence-corrected chi connectivity index (χ1v) is 15.5. The van der Waals surface area contributed by atoms with Crippen LogP contribution in [0, 0.1) is 17.6 Å². The van der Waals surface area contributed by atoms with Gasteiger partial charge in [-0.15, -0.1) is 11.8 Å². The number of rotatable bonds is 10. The summed E-state index contributed by atoms with van der Waals surface area (Å²) in [7, 11) is 1.38. The van der Waals surface area contributed by atoms with Gasteiger partial charge in [0.15, 0.2) is 0 Å². The molecular formula is C30H37F2N3O2S2. The van der Waals surface area contributed by atoms with Crippen LogP contribution in [0.3, 0.4) is 0 Å². The van der Waals surface area contributed by atoms with Crippen molar-refractivity contribution in [3.63, 3.8) is 0 Å². The van der Waals surface area contributed by atoms with Crippen molar-refractivity contribution in [2.24, 2.45) is 5.92 Å². The van der Waals surface area contributed by atoms with E-state index in [2.05, 4.69) is 77.9 Å². The highest BCUT2D eigenvalue weighted by molar-refractivity contribution is 7.98. The predicted octanol–water partition coefficient (Wildman–Crippen LogP) is 6.93. The van der Waals surface area contributed by atoms with Gasteiger partial charge in [0.05, 0.1) is 17.1 Å². The van der Waals surface area contributed by atoms with Crippen LogP contribution >= 0.6 is 11.8 Å². The zero-order chi connectivity index (χ0) is 28.2. The molecule has 1 amide bonds. The van der Waals surface area contributed by atoms with E-state index >= 15 is 0 Å². The summed E-state index contributed by atoms with van der Waals surface area (Å²) in [6.07, 6.45) is 2.37.